The van der Waals surface area contributed by atoms with Crippen LogP contribution < -0.4 is 11.1 Å². The Morgan fingerprint density at radius 1 is 1.45 bits per heavy atom. The van der Waals surface area contributed by atoms with Gasteiger partial charge in [-0.05, 0) is 49.6 Å². The molecule has 0 spiro atoms. The van der Waals surface area contributed by atoms with E-state index >= 15 is 0 Å². The first-order valence-corrected chi connectivity index (χ1v) is 8.85. The Balaban J connectivity index is 1.95. The summed E-state index contributed by atoms with van der Waals surface area (Å²) >= 11 is 3.52. The van der Waals surface area contributed by atoms with Crippen molar-refractivity contribution in [3.8, 4) is 0 Å². The summed E-state index contributed by atoms with van der Waals surface area (Å²) in [6.07, 6.45) is 4.05. The summed E-state index contributed by atoms with van der Waals surface area (Å²) < 4.78 is 1.12. The molecule has 0 bridgehead atoms. The predicted octanol–water partition coefficient (Wildman–Crippen LogP) is 2.58. The molecule has 122 valence electrons. The summed E-state index contributed by atoms with van der Waals surface area (Å²) in [6.45, 7) is 5.36. The van der Waals surface area contributed by atoms with Crippen molar-refractivity contribution in [2.45, 2.75) is 45.2 Å². The van der Waals surface area contributed by atoms with Crippen LogP contribution in [0.3, 0.4) is 0 Å². The molecule has 1 atom stereocenters. The van der Waals surface area contributed by atoms with Crippen LogP contribution in [-0.4, -0.2) is 36.5 Å². The molecular weight excluding hydrogens is 342 g/mol. The highest BCUT2D eigenvalue weighted by Crippen LogP contribution is 2.22. The number of rotatable bonds is 6. The zero-order valence-corrected chi connectivity index (χ0v) is 14.9. The highest BCUT2D eigenvalue weighted by Gasteiger charge is 2.23. The smallest absolute Gasteiger partial charge is 0.221 e. The standard InChI is InChI=1S/C17H26BrN3O/c1-13-10-15(18)6-5-14(13)12-21-9-3-2-4-16(21)11-20-17(22)7-8-19/h5-6,10,16H,2-4,7-9,11-12,19H2,1H3,(H,20,22). The van der Waals surface area contributed by atoms with Crippen molar-refractivity contribution < 1.29 is 4.79 Å². The number of hydrogen-bond acceptors (Lipinski definition) is 3. The third-order valence-corrected chi connectivity index (χ3v) is 4.83. The van der Waals surface area contributed by atoms with E-state index in [0.29, 0.717) is 19.0 Å². The molecule has 1 saturated heterocycles. The summed E-state index contributed by atoms with van der Waals surface area (Å²) in [5, 5.41) is 3.02. The van der Waals surface area contributed by atoms with Crippen LogP contribution in [-0.2, 0) is 11.3 Å². The Labute approximate surface area is 141 Å². The van der Waals surface area contributed by atoms with E-state index in [1.54, 1.807) is 0 Å². The lowest BCUT2D eigenvalue weighted by atomic mass is 10.00. The normalized spacial score (nSPS) is 19.1. The van der Waals surface area contributed by atoms with Gasteiger partial charge in [0, 0.05) is 36.6 Å². The molecule has 1 aromatic rings. The van der Waals surface area contributed by atoms with E-state index in [1.807, 2.05) is 0 Å². The van der Waals surface area contributed by atoms with Gasteiger partial charge < -0.3 is 11.1 Å². The number of amides is 1. The van der Waals surface area contributed by atoms with Gasteiger partial charge in [-0.2, -0.15) is 0 Å². The van der Waals surface area contributed by atoms with Crippen LogP contribution in [0.25, 0.3) is 0 Å². The van der Waals surface area contributed by atoms with Gasteiger partial charge in [-0.25, -0.2) is 0 Å². The van der Waals surface area contributed by atoms with E-state index in [1.165, 1.54) is 24.0 Å². The number of aryl methyl sites for hydroxylation is 1. The lowest BCUT2D eigenvalue weighted by molar-refractivity contribution is -0.121. The molecule has 4 nitrogen and oxygen atoms in total. The zero-order chi connectivity index (χ0) is 15.9. The minimum atomic E-state index is 0.0628. The van der Waals surface area contributed by atoms with Gasteiger partial charge in [-0.1, -0.05) is 28.4 Å². The van der Waals surface area contributed by atoms with E-state index in [0.717, 1.165) is 30.5 Å². The van der Waals surface area contributed by atoms with Gasteiger partial charge in [0.15, 0.2) is 0 Å². The molecule has 0 aromatic heterocycles. The lowest BCUT2D eigenvalue weighted by Crippen LogP contribution is -2.46. The van der Waals surface area contributed by atoms with E-state index in [9.17, 15) is 4.79 Å². The number of benzene rings is 1. The Bertz CT molecular complexity index is 507. The van der Waals surface area contributed by atoms with E-state index in [-0.39, 0.29) is 5.91 Å². The van der Waals surface area contributed by atoms with Gasteiger partial charge in [-0.15, -0.1) is 0 Å². The van der Waals surface area contributed by atoms with Gasteiger partial charge >= 0.3 is 0 Å². The van der Waals surface area contributed by atoms with Crippen molar-refractivity contribution in [2.24, 2.45) is 5.73 Å². The van der Waals surface area contributed by atoms with Crippen LogP contribution in [0.15, 0.2) is 22.7 Å². The number of nitrogens with two attached hydrogens (primary N) is 1. The number of likely N-dealkylation sites (tertiary alicyclic amines) is 1. The Kier molecular flexibility index (Phi) is 6.86. The Morgan fingerprint density at radius 3 is 3.00 bits per heavy atom. The SMILES string of the molecule is Cc1cc(Br)ccc1CN1CCCCC1CNC(=O)CCN. The number of carbonyl (C=O) groups excluding carboxylic acids is 1. The maximum absolute atomic E-state index is 11.6. The second kappa shape index (κ2) is 8.65. The minimum absolute atomic E-state index is 0.0628. The molecule has 1 aliphatic heterocycles. The molecule has 0 radical (unpaired) electrons. The average Bonchev–Trinajstić information content (AvgIpc) is 2.49. The summed E-state index contributed by atoms with van der Waals surface area (Å²) in [5.41, 5.74) is 8.10. The molecule has 1 unspecified atom stereocenters. The molecule has 1 aromatic carbocycles. The largest absolute Gasteiger partial charge is 0.354 e. The number of nitrogens with one attached hydrogen (secondary N) is 1. The summed E-state index contributed by atoms with van der Waals surface area (Å²) in [6, 6.07) is 6.89. The average molecular weight is 368 g/mol. The second-order valence-electron chi connectivity index (χ2n) is 6.03. The monoisotopic (exact) mass is 367 g/mol. The van der Waals surface area contributed by atoms with Crippen molar-refractivity contribution in [3.63, 3.8) is 0 Å². The summed E-state index contributed by atoms with van der Waals surface area (Å²) in [4.78, 5) is 14.1. The minimum Gasteiger partial charge on any atom is -0.354 e. The number of nitrogens with zero attached hydrogens (tertiary/aromatic N) is 1. The molecule has 5 heteroatoms. The third kappa shape index (κ3) is 5.07. The molecule has 3 N–H and O–H groups in total. The molecule has 1 amide bonds. The summed E-state index contributed by atoms with van der Waals surface area (Å²) in [5.74, 6) is 0.0628. The molecule has 1 heterocycles. The molecule has 1 aliphatic rings. The van der Waals surface area contributed by atoms with Gasteiger partial charge in [0.05, 0.1) is 0 Å². The number of hydrogen-bond donors (Lipinski definition) is 2. The first-order chi connectivity index (χ1) is 10.6. The lowest BCUT2D eigenvalue weighted by Gasteiger charge is -2.36. The van der Waals surface area contributed by atoms with Gasteiger partial charge in [0.25, 0.3) is 0 Å². The number of piperidine rings is 1. The van der Waals surface area contributed by atoms with E-state index in [4.69, 9.17) is 5.73 Å². The van der Waals surface area contributed by atoms with Gasteiger partial charge in [-0.3, -0.25) is 9.69 Å². The second-order valence-corrected chi connectivity index (χ2v) is 6.95. The summed E-state index contributed by atoms with van der Waals surface area (Å²) in [7, 11) is 0. The van der Waals surface area contributed by atoms with Crippen LogP contribution in [0.1, 0.15) is 36.8 Å². The highest BCUT2D eigenvalue weighted by molar-refractivity contribution is 9.10. The topological polar surface area (TPSA) is 58.4 Å². The van der Waals surface area contributed by atoms with E-state index < -0.39 is 0 Å². The van der Waals surface area contributed by atoms with Crippen LogP contribution >= 0.6 is 15.9 Å². The molecule has 22 heavy (non-hydrogen) atoms. The van der Waals surface area contributed by atoms with Crippen molar-refractivity contribution in [1.82, 2.24) is 10.2 Å². The molecule has 2 rings (SSSR count). The maximum Gasteiger partial charge on any atom is 0.221 e. The third-order valence-electron chi connectivity index (χ3n) is 4.33. The van der Waals surface area contributed by atoms with Crippen molar-refractivity contribution in [2.75, 3.05) is 19.6 Å². The zero-order valence-electron chi connectivity index (χ0n) is 13.3. The van der Waals surface area contributed by atoms with Crippen LogP contribution in [0.4, 0.5) is 0 Å². The fourth-order valence-corrected chi connectivity index (χ4v) is 3.48. The van der Waals surface area contributed by atoms with E-state index in [2.05, 4.69) is 51.3 Å². The van der Waals surface area contributed by atoms with Crippen molar-refractivity contribution in [1.29, 1.82) is 0 Å². The molecule has 0 aliphatic carbocycles. The number of halogens is 1. The molecule has 1 fully saturated rings. The quantitative estimate of drug-likeness (QED) is 0.812. The van der Waals surface area contributed by atoms with Crippen LogP contribution in [0.5, 0.6) is 0 Å². The van der Waals surface area contributed by atoms with Crippen LogP contribution in [0.2, 0.25) is 0 Å². The first kappa shape index (κ1) is 17.4. The highest BCUT2D eigenvalue weighted by atomic mass is 79.9. The maximum atomic E-state index is 11.6. The fraction of sp³-hybridized carbons (Fsp3) is 0.588. The van der Waals surface area contributed by atoms with Crippen LogP contribution in [0, 0.1) is 6.92 Å². The van der Waals surface area contributed by atoms with Gasteiger partial charge in [0.2, 0.25) is 5.91 Å². The Morgan fingerprint density at radius 2 is 2.27 bits per heavy atom. The predicted molar refractivity (Wildman–Crippen MR) is 93.6 cm³/mol. The number of carbonyl (C=O) groups is 1. The van der Waals surface area contributed by atoms with Crippen molar-refractivity contribution >= 4 is 21.8 Å². The molecule has 0 saturated carbocycles. The van der Waals surface area contributed by atoms with Gasteiger partial charge in [0.1, 0.15) is 0 Å². The molecular formula is C17H26BrN3O. The fourth-order valence-electron chi connectivity index (χ4n) is 3.01. The first-order valence-electron chi connectivity index (χ1n) is 8.06. The van der Waals surface area contributed by atoms with Crippen molar-refractivity contribution in [3.05, 3.63) is 33.8 Å². The Hall–Kier alpha value is -0.910.